The molecule has 0 saturated heterocycles. The molecule has 20 heavy (non-hydrogen) atoms. The summed E-state index contributed by atoms with van der Waals surface area (Å²) in [5, 5.41) is 13.5. The first-order chi connectivity index (χ1) is 9.33. The number of nitrogens with one attached hydrogen (secondary N) is 2. The lowest BCUT2D eigenvalue weighted by atomic mass is 9.83. The molecule has 1 saturated carbocycles. The van der Waals surface area contributed by atoms with E-state index in [4.69, 9.17) is 0 Å². The Bertz CT molecular complexity index is 624. The first-order valence-electron chi connectivity index (χ1n) is 6.32. The van der Waals surface area contributed by atoms with Gasteiger partial charge in [0, 0.05) is 25.2 Å². The molecule has 0 amide bonds. The molecule has 0 spiro atoms. The van der Waals surface area contributed by atoms with Crippen molar-refractivity contribution in [3.05, 3.63) is 28.3 Å². The molecular weight excluding hydrogens is 282 g/mol. The molecular formula is C12H17N3O4S. The zero-order chi connectivity index (χ0) is 14.9. The van der Waals surface area contributed by atoms with Gasteiger partial charge in [-0.15, -0.1) is 0 Å². The molecule has 0 heterocycles. The highest BCUT2D eigenvalue weighted by atomic mass is 32.2. The second kappa shape index (κ2) is 5.37. The largest absolute Gasteiger partial charge is 0.387 e. The first-order valence-corrected chi connectivity index (χ1v) is 7.80. The third kappa shape index (κ3) is 2.91. The third-order valence-electron chi connectivity index (χ3n) is 3.43. The van der Waals surface area contributed by atoms with Crippen LogP contribution < -0.4 is 10.0 Å². The highest BCUT2D eigenvalue weighted by molar-refractivity contribution is 7.89. The third-order valence-corrected chi connectivity index (χ3v) is 4.99. The minimum absolute atomic E-state index is 0.0843. The predicted octanol–water partition coefficient (Wildman–Crippen LogP) is 1.71. The van der Waals surface area contributed by atoms with Crippen molar-refractivity contribution in [3.63, 3.8) is 0 Å². The molecule has 7 nitrogen and oxygen atoms in total. The maximum atomic E-state index is 12.3. The van der Waals surface area contributed by atoms with Gasteiger partial charge in [0.25, 0.3) is 5.69 Å². The van der Waals surface area contributed by atoms with Crippen LogP contribution in [0.2, 0.25) is 0 Å². The van der Waals surface area contributed by atoms with Crippen LogP contribution in [0.5, 0.6) is 0 Å². The molecule has 0 bridgehead atoms. The fourth-order valence-electron chi connectivity index (χ4n) is 2.33. The number of sulfonamides is 1. The molecule has 0 aromatic heterocycles. The van der Waals surface area contributed by atoms with Gasteiger partial charge in [0.15, 0.2) is 0 Å². The van der Waals surface area contributed by atoms with E-state index < -0.39 is 14.9 Å². The number of nitro groups is 1. The summed E-state index contributed by atoms with van der Waals surface area (Å²) in [4.78, 5) is 10.1. The standard InChI is InChI=1S/C12H17N3O4S/c1-8-5-9(6-8)14-20(18,19)12-7-10(15(16)17)3-4-11(12)13-2/h3-4,7-9,13-14H,5-6H2,1-2H3. The minimum atomic E-state index is -3.76. The van der Waals surface area contributed by atoms with E-state index in [-0.39, 0.29) is 16.6 Å². The second-order valence-electron chi connectivity index (χ2n) is 5.08. The summed E-state index contributed by atoms with van der Waals surface area (Å²) in [6.45, 7) is 2.05. The second-order valence-corrected chi connectivity index (χ2v) is 6.76. The summed E-state index contributed by atoms with van der Waals surface area (Å²) in [5.41, 5.74) is 0.0989. The molecule has 1 aromatic rings. The first kappa shape index (κ1) is 14.7. The van der Waals surface area contributed by atoms with Gasteiger partial charge in [-0.1, -0.05) is 6.92 Å². The Kier molecular flexibility index (Phi) is 3.96. The van der Waals surface area contributed by atoms with E-state index in [1.807, 2.05) is 0 Å². The van der Waals surface area contributed by atoms with Crippen LogP contribution in [0.1, 0.15) is 19.8 Å². The van der Waals surface area contributed by atoms with Crippen LogP contribution in [0, 0.1) is 16.0 Å². The van der Waals surface area contributed by atoms with Crippen molar-refractivity contribution in [2.24, 2.45) is 5.92 Å². The zero-order valence-corrected chi connectivity index (χ0v) is 12.1. The monoisotopic (exact) mass is 299 g/mol. The number of benzene rings is 1. The van der Waals surface area contributed by atoms with Crippen molar-refractivity contribution in [1.29, 1.82) is 0 Å². The fourth-order valence-corrected chi connectivity index (χ4v) is 3.83. The molecule has 2 N–H and O–H groups in total. The molecule has 0 atom stereocenters. The molecule has 0 radical (unpaired) electrons. The zero-order valence-electron chi connectivity index (χ0n) is 11.3. The molecule has 1 aromatic carbocycles. The Morgan fingerprint density at radius 3 is 2.50 bits per heavy atom. The van der Waals surface area contributed by atoms with E-state index >= 15 is 0 Å². The van der Waals surface area contributed by atoms with E-state index in [1.165, 1.54) is 12.1 Å². The number of hydrogen-bond acceptors (Lipinski definition) is 5. The van der Waals surface area contributed by atoms with Crippen LogP contribution >= 0.6 is 0 Å². The van der Waals surface area contributed by atoms with Crippen LogP contribution in [0.4, 0.5) is 11.4 Å². The maximum Gasteiger partial charge on any atom is 0.270 e. The smallest absolute Gasteiger partial charge is 0.270 e. The van der Waals surface area contributed by atoms with Crippen molar-refractivity contribution < 1.29 is 13.3 Å². The maximum absolute atomic E-state index is 12.3. The SMILES string of the molecule is CNc1ccc([N+](=O)[O-])cc1S(=O)(=O)NC1CC(C)C1. The van der Waals surface area contributed by atoms with Crippen molar-refractivity contribution >= 4 is 21.4 Å². The van der Waals surface area contributed by atoms with Gasteiger partial charge in [-0.25, -0.2) is 13.1 Å². The molecule has 110 valence electrons. The molecule has 0 aliphatic heterocycles. The quantitative estimate of drug-likeness (QED) is 0.636. The number of hydrogen-bond donors (Lipinski definition) is 2. The van der Waals surface area contributed by atoms with E-state index in [9.17, 15) is 18.5 Å². The van der Waals surface area contributed by atoms with E-state index in [2.05, 4.69) is 17.0 Å². The minimum Gasteiger partial charge on any atom is -0.387 e. The van der Waals surface area contributed by atoms with Gasteiger partial charge in [-0.05, 0) is 24.8 Å². The topological polar surface area (TPSA) is 101 Å². The number of nitrogens with zero attached hydrogens (tertiary/aromatic N) is 1. The Hall–Kier alpha value is -1.67. The van der Waals surface area contributed by atoms with Gasteiger partial charge in [0.2, 0.25) is 10.0 Å². The summed E-state index contributed by atoms with van der Waals surface area (Å²) in [7, 11) is -2.18. The average Bonchev–Trinajstić information content (AvgIpc) is 2.35. The van der Waals surface area contributed by atoms with Crippen LogP contribution in [0.15, 0.2) is 23.1 Å². The predicted molar refractivity (Wildman–Crippen MR) is 75.2 cm³/mol. The summed E-state index contributed by atoms with van der Waals surface area (Å²) >= 11 is 0. The van der Waals surface area contributed by atoms with E-state index in [0.717, 1.165) is 18.9 Å². The van der Waals surface area contributed by atoms with Crippen LogP contribution in [-0.4, -0.2) is 26.4 Å². The van der Waals surface area contributed by atoms with E-state index in [1.54, 1.807) is 7.05 Å². The lowest BCUT2D eigenvalue weighted by molar-refractivity contribution is -0.385. The summed E-state index contributed by atoms with van der Waals surface area (Å²) in [6.07, 6.45) is 1.59. The molecule has 2 rings (SSSR count). The molecule has 0 unspecified atom stereocenters. The van der Waals surface area contributed by atoms with Gasteiger partial charge >= 0.3 is 0 Å². The Balaban J connectivity index is 2.33. The van der Waals surface area contributed by atoms with Gasteiger partial charge in [-0.3, -0.25) is 10.1 Å². The lowest BCUT2D eigenvalue weighted by Gasteiger charge is -2.33. The summed E-state index contributed by atoms with van der Waals surface area (Å²) in [5.74, 6) is 0.511. The molecule has 1 fully saturated rings. The number of nitro benzene ring substituents is 1. The highest BCUT2D eigenvalue weighted by Crippen LogP contribution is 2.30. The Labute approximate surface area is 117 Å². The van der Waals surface area contributed by atoms with Gasteiger partial charge in [0.1, 0.15) is 4.90 Å². The Morgan fingerprint density at radius 1 is 1.35 bits per heavy atom. The molecule has 1 aliphatic rings. The molecule has 1 aliphatic carbocycles. The van der Waals surface area contributed by atoms with Gasteiger partial charge in [-0.2, -0.15) is 0 Å². The molecule has 8 heteroatoms. The fraction of sp³-hybridized carbons (Fsp3) is 0.500. The van der Waals surface area contributed by atoms with Crippen LogP contribution in [-0.2, 0) is 10.0 Å². The normalized spacial score (nSPS) is 22.1. The van der Waals surface area contributed by atoms with Crippen LogP contribution in [0.3, 0.4) is 0 Å². The summed E-state index contributed by atoms with van der Waals surface area (Å²) in [6, 6.07) is 3.67. The van der Waals surface area contributed by atoms with Gasteiger partial charge in [0.05, 0.1) is 10.6 Å². The number of rotatable bonds is 5. The van der Waals surface area contributed by atoms with Crippen molar-refractivity contribution in [3.8, 4) is 0 Å². The van der Waals surface area contributed by atoms with Crippen molar-refractivity contribution in [2.45, 2.75) is 30.7 Å². The Morgan fingerprint density at radius 2 is 2.00 bits per heavy atom. The summed E-state index contributed by atoms with van der Waals surface area (Å²) < 4.78 is 27.2. The number of anilines is 1. The van der Waals surface area contributed by atoms with Crippen LogP contribution in [0.25, 0.3) is 0 Å². The van der Waals surface area contributed by atoms with E-state index in [0.29, 0.717) is 11.6 Å². The number of non-ortho nitro benzene ring substituents is 1. The van der Waals surface area contributed by atoms with Gasteiger partial charge < -0.3 is 5.32 Å². The lowest BCUT2D eigenvalue weighted by Crippen LogP contribution is -2.43. The van der Waals surface area contributed by atoms with Crippen molar-refractivity contribution in [2.75, 3.05) is 12.4 Å². The average molecular weight is 299 g/mol. The highest BCUT2D eigenvalue weighted by Gasteiger charge is 2.31. The van der Waals surface area contributed by atoms with Crippen molar-refractivity contribution in [1.82, 2.24) is 4.72 Å².